The molecule has 19 heavy (non-hydrogen) atoms. The molecule has 1 fully saturated rings. The van der Waals surface area contributed by atoms with Gasteiger partial charge >= 0.3 is 0 Å². The Balaban J connectivity index is 2.03. The van der Waals surface area contributed by atoms with Gasteiger partial charge in [0.05, 0.1) is 11.3 Å². The quantitative estimate of drug-likeness (QED) is 0.640. The minimum absolute atomic E-state index is 0.119. The van der Waals surface area contributed by atoms with Crippen molar-refractivity contribution in [2.24, 2.45) is 5.92 Å². The molecule has 1 aromatic carbocycles. The number of aromatic hydroxyl groups is 1. The molecule has 0 radical (unpaired) electrons. The van der Waals surface area contributed by atoms with Crippen LogP contribution in [0, 0.1) is 5.92 Å². The monoisotopic (exact) mass is 264 g/mol. The Morgan fingerprint density at radius 1 is 1.47 bits per heavy atom. The number of hydrogen-bond acceptors (Lipinski definition) is 4. The van der Waals surface area contributed by atoms with Crippen molar-refractivity contribution in [2.45, 2.75) is 12.8 Å². The highest BCUT2D eigenvalue weighted by molar-refractivity contribution is 5.98. The van der Waals surface area contributed by atoms with Crippen molar-refractivity contribution in [3.8, 4) is 5.75 Å². The van der Waals surface area contributed by atoms with E-state index < -0.39 is 0 Å². The van der Waals surface area contributed by atoms with Gasteiger partial charge in [-0.15, -0.1) is 0 Å². The smallest absolute Gasteiger partial charge is 0.257 e. The predicted octanol–water partition coefficient (Wildman–Crippen LogP) is 1.47. The zero-order chi connectivity index (χ0) is 13.8. The molecule has 0 spiro atoms. The number of nitrogens with two attached hydrogens (primary N) is 1. The number of nitrogens with zero attached hydrogens (tertiary/aromatic N) is 1. The number of para-hydroxylation sites is 1. The first-order chi connectivity index (χ1) is 9.13. The van der Waals surface area contributed by atoms with Crippen LogP contribution in [0.15, 0.2) is 18.2 Å². The van der Waals surface area contributed by atoms with E-state index in [1.165, 1.54) is 0 Å². The molecule has 1 aliphatic heterocycles. The molecular formula is C14H20N2O3. The Labute approximate surface area is 113 Å². The molecule has 0 atom stereocenters. The molecule has 5 nitrogen and oxygen atoms in total. The summed E-state index contributed by atoms with van der Waals surface area (Å²) in [6, 6.07) is 4.87. The highest BCUT2D eigenvalue weighted by Crippen LogP contribution is 2.27. The summed E-state index contributed by atoms with van der Waals surface area (Å²) < 4.78 is 5.14. The number of anilines is 1. The van der Waals surface area contributed by atoms with Crippen LogP contribution < -0.4 is 5.73 Å². The maximum absolute atomic E-state index is 12.3. The van der Waals surface area contributed by atoms with Gasteiger partial charge in [-0.3, -0.25) is 4.79 Å². The van der Waals surface area contributed by atoms with Gasteiger partial charge in [-0.25, -0.2) is 0 Å². The third-order valence-electron chi connectivity index (χ3n) is 3.60. The number of nitrogen functional groups attached to an aromatic ring is 1. The maximum atomic E-state index is 12.3. The van der Waals surface area contributed by atoms with Gasteiger partial charge in [-0.1, -0.05) is 6.07 Å². The fraction of sp³-hybridized carbons (Fsp3) is 0.500. The highest BCUT2D eigenvalue weighted by Gasteiger charge is 2.25. The van der Waals surface area contributed by atoms with E-state index in [1.54, 1.807) is 30.2 Å². The number of carbonyl (C=O) groups excluding carboxylic acids is 1. The molecule has 3 N–H and O–H groups in total. The molecule has 1 aromatic rings. The molecule has 1 aliphatic rings. The van der Waals surface area contributed by atoms with Crippen LogP contribution in [0.2, 0.25) is 0 Å². The van der Waals surface area contributed by atoms with Gasteiger partial charge in [0.25, 0.3) is 5.91 Å². The van der Waals surface area contributed by atoms with Gasteiger partial charge in [0.2, 0.25) is 0 Å². The molecule has 0 saturated carbocycles. The fourth-order valence-electron chi connectivity index (χ4n) is 2.44. The van der Waals surface area contributed by atoms with Gasteiger partial charge < -0.3 is 20.5 Å². The SMILES string of the molecule is COCC1CCN(C(=O)c2cccc(N)c2O)CC1. The van der Waals surface area contributed by atoms with Crippen LogP contribution in [0.3, 0.4) is 0 Å². The van der Waals surface area contributed by atoms with Crippen LogP contribution in [0.5, 0.6) is 5.75 Å². The largest absolute Gasteiger partial charge is 0.505 e. The van der Waals surface area contributed by atoms with Crippen LogP contribution in [0.1, 0.15) is 23.2 Å². The number of hydrogen-bond donors (Lipinski definition) is 2. The van der Waals surface area contributed by atoms with E-state index in [1.807, 2.05) is 0 Å². The van der Waals surface area contributed by atoms with Crippen molar-refractivity contribution in [1.29, 1.82) is 0 Å². The highest BCUT2D eigenvalue weighted by atomic mass is 16.5. The van der Waals surface area contributed by atoms with E-state index in [0.717, 1.165) is 19.4 Å². The van der Waals surface area contributed by atoms with Crippen LogP contribution >= 0.6 is 0 Å². The van der Waals surface area contributed by atoms with E-state index in [0.29, 0.717) is 19.0 Å². The van der Waals surface area contributed by atoms with Crippen molar-refractivity contribution < 1.29 is 14.6 Å². The number of phenols is 1. The number of benzene rings is 1. The molecular weight excluding hydrogens is 244 g/mol. The summed E-state index contributed by atoms with van der Waals surface area (Å²) in [6.45, 7) is 2.13. The summed E-state index contributed by atoms with van der Waals surface area (Å²) in [5, 5.41) is 9.84. The molecule has 1 amide bonds. The average molecular weight is 264 g/mol. The Morgan fingerprint density at radius 2 is 2.16 bits per heavy atom. The van der Waals surface area contributed by atoms with Gasteiger partial charge in [-0.05, 0) is 30.9 Å². The summed E-state index contributed by atoms with van der Waals surface area (Å²) in [5.41, 5.74) is 6.13. The predicted molar refractivity (Wildman–Crippen MR) is 73.0 cm³/mol. The average Bonchev–Trinajstić information content (AvgIpc) is 2.42. The van der Waals surface area contributed by atoms with Crippen molar-refractivity contribution in [2.75, 3.05) is 32.5 Å². The summed E-state index contributed by atoms with van der Waals surface area (Å²) in [4.78, 5) is 14.1. The molecule has 104 valence electrons. The first kappa shape index (κ1) is 13.7. The fourth-order valence-corrected chi connectivity index (χ4v) is 2.44. The Hall–Kier alpha value is -1.75. The third-order valence-corrected chi connectivity index (χ3v) is 3.60. The van der Waals surface area contributed by atoms with E-state index in [2.05, 4.69) is 0 Å². The number of amides is 1. The van der Waals surface area contributed by atoms with Gasteiger partial charge in [-0.2, -0.15) is 0 Å². The lowest BCUT2D eigenvalue weighted by molar-refractivity contribution is 0.0611. The minimum atomic E-state index is -0.152. The Kier molecular flexibility index (Phi) is 4.27. The summed E-state index contributed by atoms with van der Waals surface area (Å²) >= 11 is 0. The first-order valence-corrected chi connectivity index (χ1v) is 6.49. The molecule has 1 heterocycles. The van der Waals surface area contributed by atoms with Crippen molar-refractivity contribution in [3.05, 3.63) is 23.8 Å². The normalized spacial score (nSPS) is 16.6. The van der Waals surface area contributed by atoms with Crippen molar-refractivity contribution in [3.63, 3.8) is 0 Å². The number of piperidine rings is 1. The third kappa shape index (κ3) is 2.98. The Morgan fingerprint density at radius 3 is 2.79 bits per heavy atom. The number of ether oxygens (including phenoxy) is 1. The lowest BCUT2D eigenvalue weighted by Crippen LogP contribution is -2.39. The summed E-state index contributed by atoms with van der Waals surface area (Å²) in [5.74, 6) is 0.246. The van der Waals surface area contributed by atoms with Crippen molar-refractivity contribution in [1.82, 2.24) is 4.90 Å². The van der Waals surface area contributed by atoms with Crippen LogP contribution in [0.4, 0.5) is 5.69 Å². The second-order valence-electron chi connectivity index (χ2n) is 4.93. The van der Waals surface area contributed by atoms with Crippen LogP contribution in [-0.4, -0.2) is 42.7 Å². The standard InChI is InChI=1S/C14H20N2O3/c1-19-9-10-5-7-16(8-6-10)14(18)11-3-2-4-12(15)13(11)17/h2-4,10,17H,5-9,15H2,1H3. The second-order valence-corrected chi connectivity index (χ2v) is 4.93. The second kappa shape index (κ2) is 5.93. The molecule has 0 aliphatic carbocycles. The van der Waals surface area contributed by atoms with Crippen molar-refractivity contribution >= 4 is 11.6 Å². The number of carbonyl (C=O) groups is 1. The van der Waals surface area contributed by atoms with E-state index in [-0.39, 0.29) is 22.9 Å². The minimum Gasteiger partial charge on any atom is -0.505 e. The van der Waals surface area contributed by atoms with E-state index in [9.17, 15) is 9.90 Å². The summed E-state index contributed by atoms with van der Waals surface area (Å²) in [7, 11) is 1.70. The zero-order valence-corrected chi connectivity index (χ0v) is 11.1. The topological polar surface area (TPSA) is 75.8 Å². The molecule has 5 heteroatoms. The molecule has 0 bridgehead atoms. The number of methoxy groups -OCH3 is 1. The van der Waals surface area contributed by atoms with Crippen LogP contribution in [-0.2, 0) is 4.74 Å². The van der Waals surface area contributed by atoms with Gasteiger partial charge in [0, 0.05) is 26.8 Å². The summed E-state index contributed by atoms with van der Waals surface area (Å²) in [6.07, 6.45) is 1.87. The molecule has 2 rings (SSSR count). The molecule has 0 unspecified atom stereocenters. The van der Waals surface area contributed by atoms with E-state index >= 15 is 0 Å². The lowest BCUT2D eigenvalue weighted by atomic mass is 9.97. The zero-order valence-electron chi connectivity index (χ0n) is 11.1. The Bertz CT molecular complexity index is 454. The van der Waals surface area contributed by atoms with Gasteiger partial charge in [0.15, 0.2) is 5.75 Å². The molecule has 1 saturated heterocycles. The number of likely N-dealkylation sites (tertiary alicyclic amines) is 1. The molecule has 0 aromatic heterocycles. The van der Waals surface area contributed by atoms with Crippen LogP contribution in [0.25, 0.3) is 0 Å². The maximum Gasteiger partial charge on any atom is 0.257 e. The number of phenolic OH excluding ortho intramolecular Hbond substituents is 1. The first-order valence-electron chi connectivity index (χ1n) is 6.49. The number of rotatable bonds is 3. The van der Waals surface area contributed by atoms with Gasteiger partial charge in [0.1, 0.15) is 0 Å². The lowest BCUT2D eigenvalue weighted by Gasteiger charge is -2.31. The van der Waals surface area contributed by atoms with E-state index in [4.69, 9.17) is 10.5 Å².